The van der Waals surface area contributed by atoms with Gasteiger partial charge in [-0.05, 0) is 60.0 Å². The highest BCUT2D eigenvalue weighted by atomic mass is 35.5. The Bertz CT molecular complexity index is 1590. The maximum Gasteiger partial charge on any atom is 0.257 e. The van der Waals surface area contributed by atoms with Crippen molar-refractivity contribution in [3.63, 3.8) is 0 Å². The van der Waals surface area contributed by atoms with Crippen molar-refractivity contribution < 1.29 is 37.0 Å². The van der Waals surface area contributed by atoms with Gasteiger partial charge in [0.05, 0.1) is 35.0 Å². The first-order chi connectivity index (χ1) is 23.6. The minimum atomic E-state index is -1.67. The summed E-state index contributed by atoms with van der Waals surface area (Å²) in [5.41, 5.74) is 1.98. The number of halogens is 5. The van der Waals surface area contributed by atoms with Gasteiger partial charge in [0.2, 0.25) is 0 Å². The molecule has 2 saturated heterocycles. The Hall–Kier alpha value is -3.39. The molecule has 2 unspecified atom stereocenters. The highest BCUT2D eigenvalue weighted by molar-refractivity contribution is 6.31. The number of nitrogens with one attached hydrogen (secondary N) is 4. The average molecular weight is 724 g/mol. The molecular formula is C35H39Cl2F3N4O5. The topological polar surface area (TPSA) is 110 Å². The van der Waals surface area contributed by atoms with Crippen LogP contribution in [0.15, 0.2) is 60.7 Å². The lowest BCUT2D eigenvalue weighted by Crippen LogP contribution is -2.39. The Morgan fingerprint density at radius 2 is 1.45 bits per heavy atom. The molecular weight excluding hydrogens is 684 g/mol. The molecule has 49 heavy (non-hydrogen) atoms. The zero-order valence-electron chi connectivity index (χ0n) is 26.8. The van der Waals surface area contributed by atoms with Gasteiger partial charge in [0.15, 0.2) is 12.8 Å². The van der Waals surface area contributed by atoms with Gasteiger partial charge in [-0.15, -0.1) is 0 Å². The van der Waals surface area contributed by atoms with Crippen molar-refractivity contribution in [1.29, 1.82) is 0 Å². The molecule has 4 N–H and O–H groups in total. The van der Waals surface area contributed by atoms with Gasteiger partial charge in [-0.1, -0.05) is 47.5 Å². The Labute approximate surface area is 293 Å². The van der Waals surface area contributed by atoms with Crippen molar-refractivity contribution in [2.75, 3.05) is 52.5 Å². The van der Waals surface area contributed by atoms with Crippen LogP contribution in [0.2, 0.25) is 10.0 Å². The van der Waals surface area contributed by atoms with Gasteiger partial charge in [0.1, 0.15) is 17.4 Å². The second-order valence-electron chi connectivity index (χ2n) is 12.1. The lowest BCUT2D eigenvalue weighted by molar-refractivity contribution is -0.126. The summed E-state index contributed by atoms with van der Waals surface area (Å²) in [6.07, 6.45) is -3.20. The number of hydrogen-bond acceptors (Lipinski definition) is 7. The number of ether oxygens (including phenoxy) is 3. The molecule has 0 radical (unpaired) electrons. The van der Waals surface area contributed by atoms with Gasteiger partial charge >= 0.3 is 0 Å². The highest BCUT2D eigenvalue weighted by Gasteiger charge is 2.32. The third kappa shape index (κ3) is 10.1. The van der Waals surface area contributed by atoms with E-state index in [1.807, 2.05) is 12.1 Å². The molecule has 3 aromatic carbocycles. The van der Waals surface area contributed by atoms with Gasteiger partial charge in [-0.25, -0.2) is 13.2 Å². The number of hydrogen-bond donors (Lipinski definition) is 4. The van der Waals surface area contributed by atoms with Crippen molar-refractivity contribution in [3.8, 4) is 5.75 Å². The first kappa shape index (κ1) is 36.9. The molecule has 0 saturated carbocycles. The molecule has 0 aromatic heterocycles. The fourth-order valence-corrected chi connectivity index (χ4v) is 6.12. The van der Waals surface area contributed by atoms with E-state index in [1.165, 1.54) is 24.3 Å². The van der Waals surface area contributed by atoms with Crippen LogP contribution in [0, 0.1) is 23.5 Å². The van der Waals surface area contributed by atoms with Crippen LogP contribution < -0.4 is 26.0 Å². The van der Waals surface area contributed by atoms with Crippen LogP contribution in [0.25, 0.3) is 0 Å². The zero-order valence-corrected chi connectivity index (χ0v) is 28.3. The first-order valence-electron chi connectivity index (χ1n) is 16.1. The van der Waals surface area contributed by atoms with Crippen LogP contribution >= 0.6 is 23.2 Å². The Morgan fingerprint density at radius 3 is 2.10 bits per heavy atom. The molecule has 14 heteroatoms. The molecule has 0 aliphatic carbocycles. The van der Waals surface area contributed by atoms with E-state index < -0.39 is 42.0 Å². The molecule has 2 amide bonds. The summed E-state index contributed by atoms with van der Waals surface area (Å²) < 4.78 is 60.4. The Morgan fingerprint density at radius 1 is 0.857 bits per heavy atom. The van der Waals surface area contributed by atoms with Gasteiger partial charge in [-0.2, -0.15) is 0 Å². The van der Waals surface area contributed by atoms with Crippen molar-refractivity contribution in [2.24, 2.45) is 11.8 Å². The number of rotatable bonds is 11. The third-order valence-electron chi connectivity index (χ3n) is 8.51. The Balaban J connectivity index is 1.18. The fraction of sp³-hybridized carbons (Fsp3) is 0.429. The number of carbonyl (C=O) groups is 2. The van der Waals surface area contributed by atoms with Crippen molar-refractivity contribution in [2.45, 2.75) is 31.4 Å². The van der Waals surface area contributed by atoms with Gasteiger partial charge in [0.25, 0.3) is 11.8 Å². The largest absolute Gasteiger partial charge is 0.484 e. The average Bonchev–Trinajstić information content (AvgIpc) is 3.47. The maximum atomic E-state index is 14.5. The minimum absolute atomic E-state index is 0.0262. The van der Waals surface area contributed by atoms with E-state index in [9.17, 15) is 22.8 Å². The van der Waals surface area contributed by atoms with E-state index in [2.05, 4.69) is 21.3 Å². The lowest BCUT2D eigenvalue weighted by atomic mass is 9.95. The molecule has 0 spiro atoms. The quantitative estimate of drug-likeness (QED) is 0.215. The monoisotopic (exact) mass is 722 g/mol. The fourth-order valence-electron chi connectivity index (χ4n) is 5.88. The lowest BCUT2D eigenvalue weighted by Gasteiger charge is -2.28. The van der Waals surface area contributed by atoms with Crippen LogP contribution in [-0.2, 0) is 19.1 Å². The SMILES string of the molecule is CC(F)C(=O)NC[C@@H]1CNCC(c2ccc(OCC(=O)NC[C@@H]3CNCCO[C@H]3c3ccc(Cl)c(F)c3)cc2)O[C@H]1c1ccc(Cl)c(F)c1. The van der Waals surface area contributed by atoms with E-state index in [1.54, 1.807) is 24.3 Å². The normalized spacial score (nSPS) is 23.5. The van der Waals surface area contributed by atoms with Crippen LogP contribution in [0.3, 0.4) is 0 Å². The molecule has 2 heterocycles. The second-order valence-corrected chi connectivity index (χ2v) is 12.9. The van der Waals surface area contributed by atoms with Gasteiger partial charge < -0.3 is 35.5 Å². The standard InChI is InChI=1S/C35H39Cl2F3N4O5/c1-20(38)35(46)44-17-25-15-42-18-31(49-34(25)23-5-9-28(37)30(40)13-23)21-2-6-26(7-3-21)48-19-32(45)43-16-24-14-41-10-11-47-33(24)22-4-8-27(36)29(39)12-22/h2-9,12-13,20,24-25,31,33-34,41-42H,10-11,14-19H2,1H3,(H,43,45)(H,44,46)/t20?,24-,25-,31?,33-,34-/m0/s1. The van der Waals surface area contributed by atoms with Crippen LogP contribution in [0.4, 0.5) is 13.2 Å². The third-order valence-corrected chi connectivity index (χ3v) is 9.13. The summed E-state index contributed by atoms with van der Waals surface area (Å²) in [5, 5.41) is 12.1. The molecule has 0 bridgehead atoms. The molecule has 2 aliphatic heterocycles. The molecule has 9 nitrogen and oxygen atoms in total. The van der Waals surface area contributed by atoms with E-state index in [0.717, 1.165) is 12.5 Å². The summed E-state index contributed by atoms with van der Waals surface area (Å²) in [5.74, 6) is -2.22. The molecule has 3 aromatic rings. The number of amides is 2. The summed E-state index contributed by atoms with van der Waals surface area (Å²) in [6, 6.07) is 16.1. The summed E-state index contributed by atoms with van der Waals surface area (Å²) in [7, 11) is 0. The van der Waals surface area contributed by atoms with Crippen molar-refractivity contribution in [1.82, 2.24) is 21.3 Å². The maximum absolute atomic E-state index is 14.5. The van der Waals surface area contributed by atoms with Crippen molar-refractivity contribution >= 4 is 35.0 Å². The van der Waals surface area contributed by atoms with E-state index in [0.29, 0.717) is 49.7 Å². The minimum Gasteiger partial charge on any atom is -0.484 e. The second kappa shape index (κ2) is 17.5. The van der Waals surface area contributed by atoms with E-state index in [4.69, 9.17) is 37.4 Å². The highest BCUT2D eigenvalue weighted by Crippen LogP contribution is 2.36. The number of benzene rings is 3. The summed E-state index contributed by atoms with van der Waals surface area (Å²) >= 11 is 11.8. The van der Waals surface area contributed by atoms with Gasteiger partial charge in [0, 0.05) is 51.1 Å². The van der Waals surface area contributed by atoms with E-state index in [-0.39, 0.29) is 47.5 Å². The van der Waals surface area contributed by atoms with Crippen LogP contribution in [0.5, 0.6) is 5.75 Å². The molecule has 6 atom stereocenters. The Kier molecular flexibility index (Phi) is 13.2. The van der Waals surface area contributed by atoms with E-state index >= 15 is 0 Å². The predicted molar refractivity (Wildman–Crippen MR) is 179 cm³/mol. The molecule has 264 valence electrons. The number of carbonyl (C=O) groups excluding carboxylic acids is 2. The molecule has 5 rings (SSSR count). The van der Waals surface area contributed by atoms with Gasteiger partial charge in [-0.3, -0.25) is 9.59 Å². The smallest absolute Gasteiger partial charge is 0.257 e. The first-order valence-corrected chi connectivity index (χ1v) is 16.8. The summed E-state index contributed by atoms with van der Waals surface area (Å²) in [4.78, 5) is 24.7. The molecule has 2 fully saturated rings. The van der Waals surface area contributed by atoms with Crippen molar-refractivity contribution in [3.05, 3.63) is 99.0 Å². The predicted octanol–water partition coefficient (Wildman–Crippen LogP) is 5.24. The zero-order chi connectivity index (χ0) is 34.9. The van der Waals surface area contributed by atoms with Crippen LogP contribution in [-0.4, -0.2) is 70.5 Å². The summed E-state index contributed by atoms with van der Waals surface area (Å²) in [6.45, 7) is 3.81. The number of alkyl halides is 1. The molecule has 2 aliphatic rings. The van der Waals surface area contributed by atoms with Crippen LogP contribution in [0.1, 0.15) is 41.9 Å².